The lowest BCUT2D eigenvalue weighted by atomic mass is 10.0. The summed E-state index contributed by atoms with van der Waals surface area (Å²) in [6.07, 6.45) is 0.129. The van der Waals surface area contributed by atoms with Gasteiger partial charge in [-0.25, -0.2) is 9.59 Å². The summed E-state index contributed by atoms with van der Waals surface area (Å²) in [5.74, 6) is -0.395. The Balaban J connectivity index is 2.19. The Morgan fingerprint density at radius 2 is 1.89 bits per heavy atom. The van der Waals surface area contributed by atoms with Crippen LogP contribution in [0.4, 0.5) is 4.79 Å². The van der Waals surface area contributed by atoms with Crippen molar-refractivity contribution in [1.82, 2.24) is 10.2 Å². The number of carbonyl (C=O) groups excluding carboxylic acids is 2. The van der Waals surface area contributed by atoms with Crippen LogP contribution in [0.5, 0.6) is 0 Å². The molecule has 27 heavy (non-hydrogen) atoms. The molecule has 148 valence electrons. The minimum atomic E-state index is -0.578. The van der Waals surface area contributed by atoms with Crippen LogP contribution in [0.25, 0.3) is 0 Å². The van der Waals surface area contributed by atoms with E-state index >= 15 is 0 Å². The van der Waals surface area contributed by atoms with Gasteiger partial charge in [-0.1, -0.05) is 30.3 Å². The average Bonchev–Trinajstić information content (AvgIpc) is 2.61. The topological polar surface area (TPSA) is 67.9 Å². The lowest BCUT2D eigenvalue weighted by Crippen LogP contribution is -2.44. The molecule has 0 spiro atoms. The first-order valence-corrected chi connectivity index (χ1v) is 9.39. The Bertz CT molecular complexity index is 692. The zero-order valence-electron chi connectivity index (χ0n) is 16.9. The standard InChI is InChI=1S/C21H30N2O4/c1-6-26-19(24)17-14-23(20(25)27-21(3,4)5)13-12-18(17)22-15(2)16-10-8-7-9-11-16/h7-11,15,22H,6,12-14H2,1-5H3/t15-/m1/s1. The van der Waals surface area contributed by atoms with Gasteiger partial charge in [0.05, 0.1) is 18.7 Å². The highest BCUT2D eigenvalue weighted by Gasteiger charge is 2.31. The fraction of sp³-hybridized carbons (Fsp3) is 0.524. The number of nitrogens with one attached hydrogen (secondary N) is 1. The van der Waals surface area contributed by atoms with Crippen LogP contribution in [0.15, 0.2) is 41.6 Å². The average molecular weight is 374 g/mol. The SMILES string of the molecule is CCOC(=O)C1=C(N[C@H](C)c2ccccc2)CCN(C(=O)OC(C)(C)C)C1. The molecule has 1 aliphatic heterocycles. The minimum absolute atomic E-state index is 0.0405. The van der Waals surface area contributed by atoms with E-state index in [-0.39, 0.29) is 19.2 Å². The van der Waals surface area contributed by atoms with Gasteiger partial charge < -0.3 is 19.7 Å². The largest absolute Gasteiger partial charge is 0.463 e. The van der Waals surface area contributed by atoms with Gasteiger partial charge in [0.15, 0.2) is 0 Å². The summed E-state index contributed by atoms with van der Waals surface area (Å²) >= 11 is 0. The summed E-state index contributed by atoms with van der Waals surface area (Å²) in [5, 5.41) is 3.43. The zero-order chi connectivity index (χ0) is 20.0. The number of nitrogens with zero attached hydrogens (tertiary/aromatic N) is 1. The molecule has 1 heterocycles. The van der Waals surface area contributed by atoms with E-state index in [1.54, 1.807) is 11.8 Å². The van der Waals surface area contributed by atoms with Crippen LogP contribution in [0.1, 0.15) is 52.6 Å². The van der Waals surface area contributed by atoms with E-state index < -0.39 is 17.7 Å². The Morgan fingerprint density at radius 1 is 1.22 bits per heavy atom. The van der Waals surface area contributed by atoms with E-state index in [0.717, 1.165) is 11.3 Å². The Hall–Kier alpha value is -2.50. The van der Waals surface area contributed by atoms with Crippen LogP contribution in [0.3, 0.4) is 0 Å². The molecule has 1 N–H and O–H groups in total. The highest BCUT2D eigenvalue weighted by molar-refractivity contribution is 5.91. The molecule has 1 aromatic rings. The van der Waals surface area contributed by atoms with Crippen molar-refractivity contribution in [3.05, 3.63) is 47.2 Å². The maximum absolute atomic E-state index is 12.5. The quantitative estimate of drug-likeness (QED) is 0.794. The summed E-state index contributed by atoms with van der Waals surface area (Å²) in [5.41, 5.74) is 1.86. The molecule has 0 saturated carbocycles. The first-order chi connectivity index (χ1) is 12.7. The van der Waals surface area contributed by atoms with Gasteiger partial charge in [-0.2, -0.15) is 0 Å². The smallest absolute Gasteiger partial charge is 0.410 e. The lowest BCUT2D eigenvalue weighted by Gasteiger charge is -2.33. The van der Waals surface area contributed by atoms with Gasteiger partial charge in [0.2, 0.25) is 0 Å². The van der Waals surface area contributed by atoms with E-state index in [1.165, 1.54) is 0 Å². The third kappa shape index (κ3) is 6.01. The van der Waals surface area contributed by atoms with Crippen molar-refractivity contribution in [2.45, 2.75) is 52.7 Å². The molecule has 0 aromatic heterocycles. The van der Waals surface area contributed by atoms with Crippen LogP contribution < -0.4 is 5.32 Å². The molecular formula is C21H30N2O4. The van der Waals surface area contributed by atoms with E-state index in [9.17, 15) is 9.59 Å². The van der Waals surface area contributed by atoms with Crippen molar-refractivity contribution in [1.29, 1.82) is 0 Å². The highest BCUT2D eigenvalue weighted by atomic mass is 16.6. The molecule has 1 atom stereocenters. The number of ether oxygens (including phenoxy) is 2. The fourth-order valence-electron chi connectivity index (χ4n) is 2.90. The molecule has 0 unspecified atom stereocenters. The normalized spacial score (nSPS) is 16.0. The summed E-state index contributed by atoms with van der Waals surface area (Å²) in [6, 6.07) is 10.1. The molecule has 0 saturated heterocycles. The number of hydrogen-bond acceptors (Lipinski definition) is 5. The molecule has 0 fully saturated rings. The summed E-state index contributed by atoms with van der Waals surface area (Å²) in [6.45, 7) is 10.2. The molecule has 0 aliphatic carbocycles. The van der Waals surface area contributed by atoms with Crippen LogP contribution in [-0.4, -0.2) is 42.3 Å². The Labute approximate surface area is 161 Å². The zero-order valence-corrected chi connectivity index (χ0v) is 16.9. The number of hydrogen-bond donors (Lipinski definition) is 1. The van der Waals surface area contributed by atoms with Crippen LogP contribution in [0.2, 0.25) is 0 Å². The van der Waals surface area contributed by atoms with Crippen molar-refractivity contribution in [2.75, 3.05) is 19.7 Å². The fourth-order valence-corrected chi connectivity index (χ4v) is 2.90. The van der Waals surface area contributed by atoms with Crippen LogP contribution in [0, 0.1) is 0 Å². The molecule has 2 rings (SSSR count). The third-order valence-electron chi connectivity index (χ3n) is 4.21. The van der Waals surface area contributed by atoms with Gasteiger partial charge in [-0.05, 0) is 40.2 Å². The molecular weight excluding hydrogens is 344 g/mol. The first-order valence-electron chi connectivity index (χ1n) is 9.39. The maximum atomic E-state index is 12.5. The molecule has 6 nitrogen and oxygen atoms in total. The number of esters is 1. The Morgan fingerprint density at radius 3 is 2.48 bits per heavy atom. The predicted octanol–water partition coefficient (Wildman–Crippen LogP) is 3.80. The van der Waals surface area contributed by atoms with E-state index in [1.807, 2.05) is 58.0 Å². The number of carbonyl (C=O) groups is 2. The van der Waals surface area contributed by atoms with E-state index in [0.29, 0.717) is 18.5 Å². The van der Waals surface area contributed by atoms with Crippen LogP contribution in [-0.2, 0) is 14.3 Å². The second-order valence-electron chi connectivity index (χ2n) is 7.61. The second kappa shape index (κ2) is 8.93. The van der Waals surface area contributed by atoms with Gasteiger partial charge in [-0.15, -0.1) is 0 Å². The second-order valence-corrected chi connectivity index (χ2v) is 7.61. The molecule has 1 amide bonds. The Kier molecular flexibility index (Phi) is 6.88. The van der Waals surface area contributed by atoms with Gasteiger partial charge in [0.1, 0.15) is 5.60 Å². The van der Waals surface area contributed by atoms with Crippen molar-refractivity contribution in [3.8, 4) is 0 Å². The van der Waals surface area contributed by atoms with E-state index in [4.69, 9.17) is 9.47 Å². The predicted molar refractivity (Wildman–Crippen MR) is 104 cm³/mol. The van der Waals surface area contributed by atoms with Crippen molar-refractivity contribution >= 4 is 12.1 Å². The van der Waals surface area contributed by atoms with Gasteiger partial charge >= 0.3 is 12.1 Å². The van der Waals surface area contributed by atoms with Crippen molar-refractivity contribution in [3.63, 3.8) is 0 Å². The minimum Gasteiger partial charge on any atom is -0.463 e. The lowest BCUT2D eigenvalue weighted by molar-refractivity contribution is -0.139. The van der Waals surface area contributed by atoms with E-state index in [2.05, 4.69) is 5.32 Å². The maximum Gasteiger partial charge on any atom is 0.410 e. The number of rotatable bonds is 5. The van der Waals surface area contributed by atoms with Gasteiger partial charge in [-0.3, -0.25) is 0 Å². The third-order valence-corrected chi connectivity index (χ3v) is 4.21. The van der Waals surface area contributed by atoms with Gasteiger partial charge in [0, 0.05) is 24.7 Å². The molecule has 0 radical (unpaired) electrons. The van der Waals surface area contributed by atoms with Crippen molar-refractivity contribution < 1.29 is 19.1 Å². The highest BCUT2D eigenvalue weighted by Crippen LogP contribution is 2.23. The number of benzene rings is 1. The first kappa shape index (κ1) is 20.8. The molecule has 0 bridgehead atoms. The molecule has 1 aromatic carbocycles. The summed E-state index contributed by atoms with van der Waals surface area (Å²) in [7, 11) is 0. The summed E-state index contributed by atoms with van der Waals surface area (Å²) < 4.78 is 10.7. The monoisotopic (exact) mass is 374 g/mol. The van der Waals surface area contributed by atoms with Crippen LogP contribution >= 0.6 is 0 Å². The molecule has 6 heteroatoms. The summed E-state index contributed by atoms with van der Waals surface area (Å²) in [4.78, 5) is 26.4. The number of amides is 1. The molecule has 1 aliphatic rings. The van der Waals surface area contributed by atoms with Crippen molar-refractivity contribution in [2.24, 2.45) is 0 Å². The van der Waals surface area contributed by atoms with Gasteiger partial charge in [0.25, 0.3) is 0 Å².